The Bertz CT molecular complexity index is 621. The van der Waals surface area contributed by atoms with Gasteiger partial charge < -0.3 is 24.0 Å². The first-order chi connectivity index (χ1) is 10.8. The van der Waals surface area contributed by atoms with Gasteiger partial charge in [0.25, 0.3) is 3.92 Å². The minimum atomic E-state index is -2.31. The third-order valence-electron chi connectivity index (χ3n) is 3.78. The van der Waals surface area contributed by atoms with E-state index < -0.39 is 11.2 Å². The molecule has 3 rings (SSSR count). The number of alkyl halides is 2. The standard InChI is InChI=1S/C19H16FIP.HI/c20-19(21)22(16-10-4-1-5-11-16,17-12-6-2-7-13-17)18-14-8-3-9-15-18;/h1-15,19H;1H/q+1;/p-1. The van der Waals surface area contributed by atoms with E-state index in [0.29, 0.717) is 0 Å². The Morgan fingerprint density at radius 3 is 1.09 bits per heavy atom. The molecule has 0 heterocycles. The summed E-state index contributed by atoms with van der Waals surface area (Å²) >= 11 is 1.95. The molecule has 0 aliphatic carbocycles. The van der Waals surface area contributed by atoms with Gasteiger partial charge >= 0.3 is 0 Å². The van der Waals surface area contributed by atoms with Crippen molar-refractivity contribution in [2.24, 2.45) is 0 Å². The lowest BCUT2D eigenvalue weighted by Crippen LogP contribution is -3.00. The van der Waals surface area contributed by atoms with Crippen molar-refractivity contribution in [3.8, 4) is 0 Å². The average Bonchev–Trinajstić information content (AvgIpc) is 2.58. The molecule has 0 radical (unpaired) electrons. The molecule has 23 heavy (non-hydrogen) atoms. The molecule has 0 N–H and O–H groups in total. The second kappa shape index (κ2) is 8.54. The number of benzene rings is 3. The summed E-state index contributed by atoms with van der Waals surface area (Å²) in [6, 6.07) is 30.2. The van der Waals surface area contributed by atoms with Gasteiger partial charge in [-0.05, 0) is 36.4 Å². The first-order valence-electron chi connectivity index (χ1n) is 7.10. The summed E-state index contributed by atoms with van der Waals surface area (Å²) < 4.78 is 14.1. The summed E-state index contributed by atoms with van der Waals surface area (Å²) in [6.45, 7) is 0. The zero-order chi connectivity index (χ0) is 15.4. The fraction of sp³-hybridized carbons (Fsp3) is 0.0526. The van der Waals surface area contributed by atoms with Gasteiger partial charge in [-0.15, -0.1) is 0 Å². The lowest BCUT2D eigenvalue weighted by atomic mass is 10.4. The molecule has 0 bridgehead atoms. The van der Waals surface area contributed by atoms with Crippen LogP contribution < -0.4 is 39.9 Å². The summed E-state index contributed by atoms with van der Waals surface area (Å²) in [6.07, 6.45) is 0. The predicted molar refractivity (Wildman–Crippen MR) is 104 cm³/mol. The van der Waals surface area contributed by atoms with E-state index in [4.69, 9.17) is 0 Å². The van der Waals surface area contributed by atoms with E-state index in [1.54, 1.807) is 0 Å². The van der Waals surface area contributed by atoms with Crippen molar-refractivity contribution in [2.45, 2.75) is 3.92 Å². The van der Waals surface area contributed by atoms with E-state index >= 15 is 4.39 Å². The van der Waals surface area contributed by atoms with Crippen molar-refractivity contribution >= 4 is 45.8 Å². The highest BCUT2D eigenvalue weighted by Gasteiger charge is 2.52. The van der Waals surface area contributed by atoms with Gasteiger partial charge in [-0.3, -0.25) is 0 Å². The molecule has 0 spiro atoms. The average molecular weight is 548 g/mol. The maximum absolute atomic E-state index is 15.1. The molecular formula is C19H16FI2P. The molecule has 0 aromatic heterocycles. The highest BCUT2D eigenvalue weighted by molar-refractivity contribution is 14.1. The molecule has 118 valence electrons. The Morgan fingerprint density at radius 2 is 0.870 bits per heavy atom. The molecule has 0 nitrogen and oxygen atoms in total. The Balaban J connectivity index is 0.00000192. The minimum Gasteiger partial charge on any atom is -1.00 e. The lowest BCUT2D eigenvalue weighted by molar-refractivity contribution is -0.00000455. The van der Waals surface area contributed by atoms with Gasteiger partial charge in [-0.1, -0.05) is 54.6 Å². The van der Waals surface area contributed by atoms with Crippen LogP contribution in [0.25, 0.3) is 0 Å². The van der Waals surface area contributed by atoms with Crippen LogP contribution in [0.5, 0.6) is 0 Å². The van der Waals surface area contributed by atoms with Crippen LogP contribution in [0, 0.1) is 0 Å². The molecular weight excluding hydrogens is 532 g/mol. The zero-order valence-electron chi connectivity index (χ0n) is 12.3. The van der Waals surface area contributed by atoms with Crippen molar-refractivity contribution in [3.05, 3.63) is 91.0 Å². The van der Waals surface area contributed by atoms with E-state index in [0.717, 1.165) is 15.9 Å². The number of hydrogen-bond acceptors (Lipinski definition) is 0. The fourth-order valence-electron chi connectivity index (χ4n) is 2.77. The van der Waals surface area contributed by atoms with Gasteiger partial charge in [0.15, 0.2) is 7.26 Å². The Morgan fingerprint density at radius 1 is 0.609 bits per heavy atom. The van der Waals surface area contributed by atoms with Gasteiger partial charge in [0, 0.05) is 22.6 Å². The second-order valence-electron chi connectivity index (χ2n) is 5.01. The van der Waals surface area contributed by atoms with Gasteiger partial charge in [0.05, 0.1) is 0 Å². The van der Waals surface area contributed by atoms with Crippen molar-refractivity contribution in [1.29, 1.82) is 0 Å². The summed E-state index contributed by atoms with van der Waals surface area (Å²) in [4.78, 5) is 0. The highest BCUT2D eigenvalue weighted by Crippen LogP contribution is 2.62. The van der Waals surface area contributed by atoms with Crippen LogP contribution in [0.15, 0.2) is 91.0 Å². The third kappa shape index (κ3) is 3.62. The van der Waals surface area contributed by atoms with E-state index in [1.807, 2.05) is 77.2 Å². The minimum absolute atomic E-state index is 0. The maximum atomic E-state index is 15.1. The van der Waals surface area contributed by atoms with Crippen LogP contribution in [0.2, 0.25) is 0 Å². The molecule has 1 atom stereocenters. The monoisotopic (exact) mass is 548 g/mol. The second-order valence-corrected chi connectivity index (χ2v) is 10.5. The SMILES string of the molecule is FC(I)[P+](c1ccccc1)(c1ccccc1)c1ccccc1.[I-]. The highest BCUT2D eigenvalue weighted by atomic mass is 127. The van der Waals surface area contributed by atoms with Crippen LogP contribution in [-0.2, 0) is 0 Å². The van der Waals surface area contributed by atoms with Crippen LogP contribution in [0.3, 0.4) is 0 Å². The van der Waals surface area contributed by atoms with E-state index in [9.17, 15) is 0 Å². The maximum Gasteiger partial charge on any atom is 0.267 e. The molecule has 0 saturated carbocycles. The quantitative estimate of drug-likeness (QED) is 0.265. The Hall–Kier alpha value is -0.520. The summed E-state index contributed by atoms with van der Waals surface area (Å²) in [5.74, 6) is 0. The van der Waals surface area contributed by atoms with Crippen molar-refractivity contribution in [1.82, 2.24) is 0 Å². The summed E-state index contributed by atoms with van der Waals surface area (Å²) in [5.41, 5.74) is 0. The molecule has 3 aromatic rings. The first kappa shape index (κ1) is 18.8. The molecule has 0 aliphatic heterocycles. The van der Waals surface area contributed by atoms with Gasteiger partial charge in [0.2, 0.25) is 0 Å². The molecule has 1 unspecified atom stereocenters. The van der Waals surface area contributed by atoms with Crippen LogP contribution in [0.4, 0.5) is 4.39 Å². The third-order valence-corrected chi connectivity index (χ3v) is 10.2. The van der Waals surface area contributed by atoms with Gasteiger partial charge in [0.1, 0.15) is 15.9 Å². The Kier molecular flexibility index (Phi) is 6.99. The Labute approximate surface area is 168 Å². The van der Waals surface area contributed by atoms with Crippen molar-refractivity contribution in [2.75, 3.05) is 0 Å². The van der Waals surface area contributed by atoms with Crippen LogP contribution in [-0.4, -0.2) is 3.92 Å². The van der Waals surface area contributed by atoms with Gasteiger partial charge in [-0.25, -0.2) is 0 Å². The number of rotatable bonds is 4. The van der Waals surface area contributed by atoms with E-state index in [-0.39, 0.29) is 24.0 Å². The topological polar surface area (TPSA) is 0 Å². The number of hydrogen-bond donors (Lipinski definition) is 0. The molecule has 3 aromatic carbocycles. The smallest absolute Gasteiger partial charge is 0.267 e. The summed E-state index contributed by atoms with van der Waals surface area (Å²) in [5, 5.41) is 3.23. The van der Waals surface area contributed by atoms with E-state index in [2.05, 4.69) is 36.4 Å². The number of halogens is 3. The normalized spacial score (nSPS) is 12.3. The molecule has 0 saturated heterocycles. The van der Waals surface area contributed by atoms with Crippen LogP contribution in [0.1, 0.15) is 0 Å². The molecule has 0 amide bonds. The fourth-order valence-corrected chi connectivity index (χ4v) is 9.17. The van der Waals surface area contributed by atoms with Gasteiger partial charge in [-0.2, -0.15) is 4.39 Å². The van der Waals surface area contributed by atoms with Crippen LogP contribution >= 0.6 is 29.9 Å². The predicted octanol–water partition coefficient (Wildman–Crippen LogP) is 1.67. The molecule has 0 aliphatic rings. The zero-order valence-corrected chi connectivity index (χ0v) is 17.5. The van der Waals surface area contributed by atoms with Crippen molar-refractivity contribution < 1.29 is 28.4 Å². The first-order valence-corrected chi connectivity index (χ1v) is 10.2. The molecule has 0 fully saturated rings. The van der Waals surface area contributed by atoms with E-state index in [1.165, 1.54) is 0 Å². The van der Waals surface area contributed by atoms with Crippen molar-refractivity contribution in [3.63, 3.8) is 0 Å². The lowest BCUT2D eigenvalue weighted by Gasteiger charge is -2.27. The largest absolute Gasteiger partial charge is 1.00 e. The summed E-state index contributed by atoms with van der Waals surface area (Å²) in [7, 11) is -2.31. The molecule has 4 heteroatoms.